The standard InChI is InChI=1S/C19H19.C17H15.C2H6Si.2ClH.Zr/c1-13(2)17-11-16-5-4-6-18(19(16)12-17)15-9-7-14(3)8-10-15;1-12-10-16-13(2)8-9-15(17(16)11-12)14-6-4-3-5-7-14;1-3-2;;;/h4-13H,1-3H3;3-11H,1-2H3;1-2H3;2*1H;/q2*-1;;;;+4/p-2. The number of hydrogen-bond donors (Lipinski definition) is 0. The van der Waals surface area contributed by atoms with Crippen molar-refractivity contribution in [2.45, 2.75) is 53.6 Å². The van der Waals surface area contributed by atoms with Gasteiger partial charge in [0.05, 0.1) is 0 Å². The zero-order chi connectivity index (χ0) is 30.6. The van der Waals surface area contributed by atoms with Crippen molar-refractivity contribution in [2.75, 3.05) is 0 Å². The van der Waals surface area contributed by atoms with Gasteiger partial charge in [0.15, 0.2) is 0 Å². The summed E-state index contributed by atoms with van der Waals surface area (Å²) in [7, 11) is 11.0. The fourth-order valence-corrected chi connectivity index (χ4v) is 5.04. The second kappa shape index (κ2) is 17.2. The number of halogens is 2. The van der Waals surface area contributed by atoms with E-state index in [1.54, 1.807) is 0 Å². The van der Waals surface area contributed by atoms with Crippen molar-refractivity contribution in [2.24, 2.45) is 0 Å². The predicted molar refractivity (Wildman–Crippen MR) is 187 cm³/mol. The summed E-state index contributed by atoms with van der Waals surface area (Å²) < 4.78 is 0. The molecule has 0 spiro atoms. The van der Waals surface area contributed by atoms with E-state index in [9.17, 15) is 0 Å². The van der Waals surface area contributed by atoms with Gasteiger partial charge in [-0.15, -0.1) is 68.6 Å². The molecule has 214 valence electrons. The van der Waals surface area contributed by atoms with Gasteiger partial charge in [-0.05, 0) is 24.0 Å². The predicted octanol–water partition coefficient (Wildman–Crippen LogP) is 12.7. The summed E-state index contributed by atoms with van der Waals surface area (Å²) in [5.41, 5.74) is 10.7. The minimum atomic E-state index is -0.826. The monoisotopic (exact) mass is 684 g/mol. The van der Waals surface area contributed by atoms with Crippen molar-refractivity contribution in [3.8, 4) is 22.3 Å². The Kier molecular flexibility index (Phi) is 14.0. The van der Waals surface area contributed by atoms with Crippen molar-refractivity contribution in [3.05, 3.63) is 131 Å². The summed E-state index contributed by atoms with van der Waals surface area (Å²) in [6.07, 6.45) is 0. The quantitative estimate of drug-likeness (QED) is 0.128. The SMILES string of the molecule is C[Si]C.Cc1cc2c(-c3ccccc3)ccc(C)c2[cH-]1.Cc1ccc(-c2cccc3[cH-]c(C(C)C)cc23)cc1.[Cl][Zr+2][Cl]. The molecule has 6 aromatic rings. The first kappa shape index (κ1) is 34.3. The molecule has 0 atom stereocenters. The molecule has 0 aliphatic heterocycles. The van der Waals surface area contributed by atoms with Gasteiger partial charge in [0.25, 0.3) is 0 Å². The molecule has 0 bridgehead atoms. The fraction of sp³-hybridized carbons (Fsp3) is 0.211. The van der Waals surface area contributed by atoms with Gasteiger partial charge in [-0.25, -0.2) is 0 Å². The second-order valence-electron chi connectivity index (χ2n) is 10.8. The van der Waals surface area contributed by atoms with Crippen LogP contribution in [-0.4, -0.2) is 9.52 Å². The number of rotatable bonds is 3. The van der Waals surface area contributed by atoms with E-state index in [0.29, 0.717) is 5.92 Å². The van der Waals surface area contributed by atoms with E-state index in [1.165, 1.54) is 66.1 Å². The Morgan fingerprint density at radius 3 is 1.88 bits per heavy atom. The Balaban J connectivity index is 0.000000195. The van der Waals surface area contributed by atoms with Crippen LogP contribution in [0.15, 0.2) is 109 Å². The van der Waals surface area contributed by atoms with Crippen LogP contribution in [0.25, 0.3) is 43.8 Å². The van der Waals surface area contributed by atoms with E-state index in [0.717, 1.165) is 9.52 Å². The van der Waals surface area contributed by atoms with Crippen LogP contribution < -0.4 is 0 Å². The number of aryl methyl sites for hydroxylation is 3. The second-order valence-corrected chi connectivity index (χ2v) is 15.6. The Labute approximate surface area is 274 Å². The first-order chi connectivity index (χ1) is 20.2. The molecule has 0 amide bonds. The summed E-state index contributed by atoms with van der Waals surface area (Å²) >= 11 is -0.826. The van der Waals surface area contributed by atoms with Gasteiger partial charge in [-0.1, -0.05) is 124 Å². The molecule has 2 radical (unpaired) electrons. The molecule has 6 aromatic carbocycles. The first-order valence-electron chi connectivity index (χ1n) is 14.3. The van der Waals surface area contributed by atoms with Crippen molar-refractivity contribution in [1.29, 1.82) is 0 Å². The summed E-state index contributed by atoms with van der Waals surface area (Å²) in [5.74, 6) is 0.582. The zero-order valence-corrected chi connectivity index (χ0v) is 30.7. The minimum absolute atomic E-state index is 0.582. The molecule has 4 heteroatoms. The van der Waals surface area contributed by atoms with Crippen LogP contribution in [0.3, 0.4) is 0 Å². The van der Waals surface area contributed by atoms with Crippen LogP contribution in [0, 0.1) is 20.8 Å². The third-order valence-corrected chi connectivity index (χ3v) is 7.14. The third kappa shape index (κ3) is 9.14. The van der Waals surface area contributed by atoms with Crippen LogP contribution in [0.2, 0.25) is 13.1 Å². The van der Waals surface area contributed by atoms with Gasteiger partial charge < -0.3 is 0 Å². The maximum absolute atomic E-state index is 4.93. The molecule has 0 heterocycles. The Morgan fingerprint density at radius 1 is 0.667 bits per heavy atom. The summed E-state index contributed by atoms with van der Waals surface area (Å²) in [4.78, 5) is 0. The molecule has 0 nitrogen and oxygen atoms in total. The van der Waals surface area contributed by atoms with Gasteiger partial charge in [-0.3, -0.25) is 0 Å². The molecule has 0 aliphatic rings. The van der Waals surface area contributed by atoms with Gasteiger partial charge in [0, 0.05) is 9.52 Å². The molecule has 0 fully saturated rings. The molecule has 42 heavy (non-hydrogen) atoms. The van der Waals surface area contributed by atoms with Crippen molar-refractivity contribution in [3.63, 3.8) is 0 Å². The molecule has 0 saturated carbocycles. The fourth-order valence-electron chi connectivity index (χ4n) is 5.04. The normalized spacial score (nSPS) is 10.2. The van der Waals surface area contributed by atoms with Crippen molar-refractivity contribution >= 4 is 48.1 Å². The van der Waals surface area contributed by atoms with Crippen LogP contribution in [0.1, 0.15) is 42.0 Å². The first-order valence-corrected chi connectivity index (χ1v) is 22.6. The average molecular weight is 687 g/mol. The van der Waals surface area contributed by atoms with Crippen molar-refractivity contribution in [1.82, 2.24) is 0 Å². The molecular formula is C38H40Cl2SiZr. The Morgan fingerprint density at radius 2 is 1.26 bits per heavy atom. The van der Waals surface area contributed by atoms with E-state index in [-0.39, 0.29) is 0 Å². The number of benzene rings is 4. The summed E-state index contributed by atoms with van der Waals surface area (Å²) in [6, 6.07) is 39.6. The van der Waals surface area contributed by atoms with Crippen LogP contribution >= 0.6 is 17.0 Å². The summed E-state index contributed by atoms with van der Waals surface area (Å²) in [6.45, 7) is 15.3. The van der Waals surface area contributed by atoms with Crippen LogP contribution in [0.4, 0.5) is 0 Å². The molecule has 0 saturated heterocycles. The summed E-state index contributed by atoms with van der Waals surface area (Å²) in [5, 5.41) is 5.47. The van der Waals surface area contributed by atoms with Gasteiger partial charge in [-0.2, -0.15) is 12.1 Å². The maximum atomic E-state index is 4.93. The zero-order valence-electron chi connectivity index (χ0n) is 25.7. The molecule has 0 aliphatic carbocycles. The molecule has 0 unspecified atom stereocenters. The Hall–Kier alpha value is -2.22. The molecular weight excluding hydrogens is 647 g/mol. The van der Waals surface area contributed by atoms with E-state index >= 15 is 0 Å². The van der Waals surface area contributed by atoms with Gasteiger partial charge >= 0.3 is 37.9 Å². The van der Waals surface area contributed by atoms with E-state index in [4.69, 9.17) is 17.0 Å². The van der Waals surface area contributed by atoms with Crippen LogP contribution in [-0.2, 0) is 20.8 Å². The van der Waals surface area contributed by atoms with Crippen LogP contribution in [0.5, 0.6) is 0 Å². The average Bonchev–Trinajstić information content (AvgIpc) is 3.60. The number of hydrogen-bond acceptors (Lipinski definition) is 0. The molecule has 6 rings (SSSR count). The van der Waals surface area contributed by atoms with Gasteiger partial charge in [0.1, 0.15) is 0 Å². The van der Waals surface area contributed by atoms with Gasteiger partial charge in [0.2, 0.25) is 0 Å². The third-order valence-electron chi connectivity index (χ3n) is 7.14. The topological polar surface area (TPSA) is 0 Å². The van der Waals surface area contributed by atoms with E-state index in [2.05, 4.69) is 157 Å². The van der Waals surface area contributed by atoms with E-state index in [1.807, 2.05) is 0 Å². The Bertz CT molecular complexity index is 1660. The molecule has 0 N–H and O–H groups in total. The molecule has 0 aromatic heterocycles. The van der Waals surface area contributed by atoms with Crippen molar-refractivity contribution < 1.29 is 20.8 Å². The number of fused-ring (bicyclic) bond motifs is 2. The van der Waals surface area contributed by atoms with E-state index < -0.39 is 20.8 Å².